The molecule has 1 N–H and O–H groups in total. The zero-order valence-electron chi connectivity index (χ0n) is 9.54. The third kappa shape index (κ3) is 3.29. The monoisotopic (exact) mass is 303 g/mol. The average Bonchev–Trinajstić information content (AvgIpc) is 2.73. The summed E-state index contributed by atoms with van der Waals surface area (Å²) < 4.78 is 7.05. The molecule has 0 bridgehead atoms. The molecular weight excluding hydrogens is 286 g/mol. The summed E-state index contributed by atoms with van der Waals surface area (Å²) in [5.74, 6) is 0. The van der Waals surface area contributed by atoms with E-state index in [9.17, 15) is 0 Å². The minimum Gasteiger partial charge on any atom is -0.377 e. The third-order valence-corrected chi connectivity index (χ3v) is 4.73. The predicted octanol–water partition coefficient (Wildman–Crippen LogP) is 3.21. The molecule has 0 spiro atoms. The summed E-state index contributed by atoms with van der Waals surface area (Å²) in [7, 11) is 2.03. The van der Waals surface area contributed by atoms with Crippen LogP contribution in [0.25, 0.3) is 0 Å². The van der Waals surface area contributed by atoms with Crippen LogP contribution in [0, 0.1) is 0 Å². The van der Waals surface area contributed by atoms with E-state index in [1.165, 1.54) is 27.9 Å². The molecule has 1 saturated heterocycles. The van der Waals surface area contributed by atoms with Gasteiger partial charge in [-0.15, -0.1) is 11.3 Å². The Kier molecular flexibility index (Phi) is 4.82. The molecule has 0 aromatic carbocycles. The standard InChI is InChI=1S/C12H18BrNOS/c1-14-10(11-4-2-3-7-15-11)8-9-5-6-12(13)16-9/h5-6,10-11,14H,2-4,7-8H2,1H3. The van der Waals surface area contributed by atoms with Crippen LogP contribution in [-0.4, -0.2) is 25.8 Å². The summed E-state index contributed by atoms with van der Waals surface area (Å²) in [4.78, 5) is 1.42. The van der Waals surface area contributed by atoms with Gasteiger partial charge in [0.1, 0.15) is 0 Å². The van der Waals surface area contributed by atoms with Crippen molar-refractivity contribution in [1.29, 1.82) is 0 Å². The van der Waals surface area contributed by atoms with Crippen molar-refractivity contribution >= 4 is 27.3 Å². The Morgan fingerprint density at radius 3 is 3.00 bits per heavy atom. The molecule has 2 unspecified atom stereocenters. The molecule has 1 aromatic rings. The topological polar surface area (TPSA) is 21.3 Å². The summed E-state index contributed by atoms with van der Waals surface area (Å²) in [5.41, 5.74) is 0. The Bertz CT molecular complexity index is 323. The first kappa shape index (κ1) is 12.6. The van der Waals surface area contributed by atoms with Gasteiger partial charge in [0, 0.05) is 17.5 Å². The van der Waals surface area contributed by atoms with Crippen LogP contribution >= 0.6 is 27.3 Å². The highest BCUT2D eigenvalue weighted by atomic mass is 79.9. The van der Waals surface area contributed by atoms with Crippen LogP contribution in [0.15, 0.2) is 15.9 Å². The van der Waals surface area contributed by atoms with Crippen molar-refractivity contribution in [2.75, 3.05) is 13.7 Å². The Morgan fingerprint density at radius 1 is 1.56 bits per heavy atom. The molecule has 90 valence electrons. The molecule has 1 aliphatic heterocycles. The maximum Gasteiger partial charge on any atom is 0.0731 e. The first-order chi connectivity index (χ1) is 7.79. The molecule has 1 aliphatic rings. The second-order valence-electron chi connectivity index (χ2n) is 4.21. The zero-order chi connectivity index (χ0) is 11.4. The summed E-state index contributed by atoms with van der Waals surface area (Å²) in [6.45, 7) is 0.928. The van der Waals surface area contributed by atoms with Crippen molar-refractivity contribution in [3.63, 3.8) is 0 Å². The normalized spacial score (nSPS) is 23.2. The zero-order valence-corrected chi connectivity index (χ0v) is 11.9. The highest BCUT2D eigenvalue weighted by Crippen LogP contribution is 2.25. The van der Waals surface area contributed by atoms with E-state index < -0.39 is 0 Å². The van der Waals surface area contributed by atoms with Gasteiger partial charge in [-0.3, -0.25) is 0 Å². The van der Waals surface area contributed by atoms with Gasteiger partial charge >= 0.3 is 0 Å². The van der Waals surface area contributed by atoms with Crippen LogP contribution in [0.3, 0.4) is 0 Å². The fourth-order valence-corrected chi connectivity index (χ4v) is 3.72. The van der Waals surface area contributed by atoms with E-state index in [1.807, 2.05) is 18.4 Å². The van der Waals surface area contributed by atoms with Gasteiger partial charge < -0.3 is 10.1 Å². The van der Waals surface area contributed by atoms with Crippen LogP contribution in [0.5, 0.6) is 0 Å². The molecular formula is C12H18BrNOS. The molecule has 2 atom stereocenters. The number of ether oxygens (including phenoxy) is 1. The number of likely N-dealkylation sites (N-methyl/N-ethyl adjacent to an activating group) is 1. The van der Waals surface area contributed by atoms with Gasteiger partial charge in [-0.05, 0) is 60.8 Å². The largest absolute Gasteiger partial charge is 0.377 e. The Balaban J connectivity index is 1.94. The van der Waals surface area contributed by atoms with Crippen LogP contribution in [-0.2, 0) is 11.2 Å². The van der Waals surface area contributed by atoms with Crippen molar-refractivity contribution in [2.45, 2.75) is 37.8 Å². The number of rotatable bonds is 4. The van der Waals surface area contributed by atoms with Gasteiger partial charge in [-0.1, -0.05) is 0 Å². The summed E-state index contributed by atoms with van der Waals surface area (Å²) in [6.07, 6.45) is 5.17. The first-order valence-electron chi connectivity index (χ1n) is 5.82. The van der Waals surface area contributed by atoms with Gasteiger partial charge in [0.05, 0.1) is 9.89 Å². The number of halogens is 1. The van der Waals surface area contributed by atoms with E-state index in [0.717, 1.165) is 13.0 Å². The minimum absolute atomic E-state index is 0.389. The Hall–Kier alpha value is 0.1000. The van der Waals surface area contributed by atoms with Crippen molar-refractivity contribution < 1.29 is 4.74 Å². The number of hydrogen-bond acceptors (Lipinski definition) is 3. The summed E-state index contributed by atoms with van der Waals surface area (Å²) >= 11 is 5.32. The highest BCUT2D eigenvalue weighted by molar-refractivity contribution is 9.11. The molecule has 16 heavy (non-hydrogen) atoms. The first-order valence-corrected chi connectivity index (χ1v) is 7.43. The molecule has 0 amide bonds. The fourth-order valence-electron chi connectivity index (χ4n) is 2.18. The predicted molar refractivity (Wildman–Crippen MR) is 72.2 cm³/mol. The smallest absolute Gasteiger partial charge is 0.0731 e. The second kappa shape index (κ2) is 6.15. The lowest BCUT2D eigenvalue weighted by molar-refractivity contribution is -0.00571. The minimum atomic E-state index is 0.389. The molecule has 0 saturated carbocycles. The Morgan fingerprint density at radius 2 is 2.44 bits per heavy atom. The van der Waals surface area contributed by atoms with Crippen LogP contribution in [0.1, 0.15) is 24.1 Å². The molecule has 0 radical (unpaired) electrons. The molecule has 2 nitrogen and oxygen atoms in total. The van der Waals surface area contributed by atoms with E-state index in [1.54, 1.807) is 0 Å². The van der Waals surface area contributed by atoms with E-state index >= 15 is 0 Å². The molecule has 4 heteroatoms. The van der Waals surface area contributed by atoms with E-state index in [4.69, 9.17) is 4.74 Å². The number of hydrogen-bond donors (Lipinski definition) is 1. The van der Waals surface area contributed by atoms with Crippen LogP contribution < -0.4 is 5.32 Å². The maximum atomic E-state index is 5.84. The molecule has 0 aliphatic carbocycles. The molecule has 1 fully saturated rings. The number of nitrogens with one attached hydrogen (secondary N) is 1. The lowest BCUT2D eigenvalue weighted by Crippen LogP contribution is -2.42. The summed E-state index contributed by atoms with van der Waals surface area (Å²) in [6, 6.07) is 4.77. The van der Waals surface area contributed by atoms with E-state index in [0.29, 0.717) is 12.1 Å². The Labute approximate surface area is 110 Å². The fraction of sp³-hybridized carbons (Fsp3) is 0.667. The van der Waals surface area contributed by atoms with Crippen LogP contribution in [0.4, 0.5) is 0 Å². The van der Waals surface area contributed by atoms with Gasteiger partial charge in [0.2, 0.25) is 0 Å². The average molecular weight is 304 g/mol. The third-order valence-electron chi connectivity index (χ3n) is 3.08. The van der Waals surface area contributed by atoms with Gasteiger partial charge in [-0.25, -0.2) is 0 Å². The van der Waals surface area contributed by atoms with Gasteiger partial charge in [-0.2, -0.15) is 0 Å². The van der Waals surface area contributed by atoms with Crippen molar-refractivity contribution in [2.24, 2.45) is 0 Å². The number of thiophene rings is 1. The summed E-state index contributed by atoms with van der Waals surface area (Å²) in [5, 5.41) is 3.40. The van der Waals surface area contributed by atoms with E-state index in [2.05, 4.69) is 33.4 Å². The molecule has 2 rings (SSSR count). The van der Waals surface area contributed by atoms with E-state index in [-0.39, 0.29) is 0 Å². The molecule has 1 aromatic heterocycles. The van der Waals surface area contributed by atoms with Crippen LogP contribution in [0.2, 0.25) is 0 Å². The lowest BCUT2D eigenvalue weighted by Gasteiger charge is -2.30. The van der Waals surface area contributed by atoms with Gasteiger partial charge in [0.25, 0.3) is 0 Å². The SMILES string of the molecule is CNC(Cc1ccc(Br)s1)C1CCCCO1. The lowest BCUT2D eigenvalue weighted by atomic mass is 9.99. The van der Waals surface area contributed by atoms with Crippen molar-refractivity contribution in [1.82, 2.24) is 5.32 Å². The highest BCUT2D eigenvalue weighted by Gasteiger charge is 2.23. The quantitative estimate of drug-likeness (QED) is 0.922. The second-order valence-corrected chi connectivity index (χ2v) is 6.76. The van der Waals surface area contributed by atoms with Crippen molar-refractivity contribution in [3.8, 4) is 0 Å². The molecule has 2 heterocycles. The maximum absolute atomic E-state index is 5.84. The van der Waals surface area contributed by atoms with Gasteiger partial charge in [0.15, 0.2) is 0 Å². The van der Waals surface area contributed by atoms with Crippen molar-refractivity contribution in [3.05, 3.63) is 20.8 Å².